The number of hydrogen-bond acceptors (Lipinski definition) is 2. The Morgan fingerprint density at radius 1 is 1.17 bits per heavy atom. The molecule has 5 nitrogen and oxygen atoms in total. The Kier molecular flexibility index (Phi) is 7.22. The van der Waals surface area contributed by atoms with Crippen LogP contribution < -0.4 is 10.6 Å². The molecule has 3 amide bonds. The number of urea groups is 1. The molecule has 2 aromatic carbocycles. The summed E-state index contributed by atoms with van der Waals surface area (Å²) < 4.78 is 13.3. The van der Waals surface area contributed by atoms with Crippen molar-refractivity contribution in [3.8, 4) is 0 Å². The van der Waals surface area contributed by atoms with E-state index in [4.69, 9.17) is 0 Å². The second-order valence-corrected chi connectivity index (χ2v) is 7.64. The van der Waals surface area contributed by atoms with Gasteiger partial charge in [0.2, 0.25) is 5.91 Å². The lowest BCUT2D eigenvalue weighted by atomic mass is 9.93. The molecule has 1 atom stereocenters. The Bertz CT molecular complexity index is 856. The first-order valence-corrected chi connectivity index (χ1v) is 10.1. The number of carbonyl (C=O) groups excluding carboxylic acids is 2. The number of likely N-dealkylation sites (tertiary alicyclic amines) is 1. The van der Waals surface area contributed by atoms with Crippen LogP contribution in [0.3, 0.4) is 0 Å². The number of anilines is 1. The molecule has 2 aromatic rings. The van der Waals surface area contributed by atoms with E-state index in [0.29, 0.717) is 37.7 Å². The smallest absolute Gasteiger partial charge is 0.321 e. The highest BCUT2D eigenvalue weighted by molar-refractivity contribution is 5.89. The van der Waals surface area contributed by atoms with Gasteiger partial charge in [0.25, 0.3) is 0 Å². The van der Waals surface area contributed by atoms with E-state index < -0.39 is 0 Å². The summed E-state index contributed by atoms with van der Waals surface area (Å²) in [4.78, 5) is 26.4. The Morgan fingerprint density at radius 2 is 2.00 bits per heavy atom. The van der Waals surface area contributed by atoms with Crippen LogP contribution in [0.2, 0.25) is 0 Å². The maximum atomic E-state index is 13.3. The van der Waals surface area contributed by atoms with Crippen molar-refractivity contribution in [2.45, 2.75) is 39.2 Å². The van der Waals surface area contributed by atoms with Crippen molar-refractivity contribution in [2.24, 2.45) is 5.92 Å². The Hall–Kier alpha value is -2.89. The maximum Gasteiger partial charge on any atom is 0.321 e. The molecule has 1 heterocycles. The third kappa shape index (κ3) is 6.31. The van der Waals surface area contributed by atoms with Gasteiger partial charge in [0.15, 0.2) is 0 Å². The topological polar surface area (TPSA) is 61.4 Å². The summed E-state index contributed by atoms with van der Waals surface area (Å²) in [7, 11) is 0. The summed E-state index contributed by atoms with van der Waals surface area (Å²) in [5, 5.41) is 5.73. The normalized spacial score (nSPS) is 16.3. The Balaban J connectivity index is 1.42. The summed E-state index contributed by atoms with van der Waals surface area (Å²) in [6, 6.07) is 13.7. The van der Waals surface area contributed by atoms with E-state index >= 15 is 0 Å². The van der Waals surface area contributed by atoms with Crippen LogP contribution in [-0.2, 0) is 11.3 Å². The van der Waals surface area contributed by atoms with Crippen molar-refractivity contribution in [3.05, 3.63) is 65.5 Å². The minimum Gasteiger partial charge on any atom is -0.352 e. The summed E-state index contributed by atoms with van der Waals surface area (Å²) in [6.07, 6.45) is 3.13. The third-order valence-electron chi connectivity index (χ3n) is 5.40. The molecule has 0 spiro atoms. The van der Waals surface area contributed by atoms with Gasteiger partial charge in [0.1, 0.15) is 5.82 Å². The molecule has 0 saturated carbocycles. The van der Waals surface area contributed by atoms with Gasteiger partial charge in [-0.2, -0.15) is 0 Å². The Morgan fingerprint density at radius 3 is 2.79 bits per heavy atom. The van der Waals surface area contributed by atoms with Crippen molar-refractivity contribution in [3.63, 3.8) is 0 Å². The lowest BCUT2D eigenvalue weighted by Gasteiger charge is -2.32. The highest BCUT2D eigenvalue weighted by Gasteiger charge is 2.24. The number of nitrogens with zero attached hydrogens (tertiary/aromatic N) is 1. The first-order chi connectivity index (χ1) is 14.0. The predicted molar refractivity (Wildman–Crippen MR) is 112 cm³/mol. The van der Waals surface area contributed by atoms with Crippen LogP contribution in [-0.4, -0.2) is 29.9 Å². The molecule has 0 bridgehead atoms. The number of aryl methyl sites for hydroxylation is 1. The van der Waals surface area contributed by atoms with Gasteiger partial charge in [0.05, 0.1) is 0 Å². The monoisotopic (exact) mass is 397 g/mol. The highest BCUT2D eigenvalue weighted by Crippen LogP contribution is 2.22. The molecule has 0 aliphatic carbocycles. The minimum atomic E-state index is -0.379. The van der Waals surface area contributed by atoms with E-state index in [2.05, 4.69) is 10.6 Å². The molecular weight excluding hydrogens is 369 g/mol. The second-order valence-electron chi connectivity index (χ2n) is 7.64. The Labute approximate surface area is 171 Å². The molecule has 1 aliphatic heterocycles. The first-order valence-electron chi connectivity index (χ1n) is 10.1. The fourth-order valence-corrected chi connectivity index (χ4v) is 3.68. The first kappa shape index (κ1) is 20.8. The molecular formula is C23H28FN3O2. The largest absolute Gasteiger partial charge is 0.352 e. The van der Waals surface area contributed by atoms with Crippen molar-refractivity contribution in [2.75, 3.05) is 18.4 Å². The molecule has 0 aromatic heterocycles. The molecule has 29 heavy (non-hydrogen) atoms. The second kappa shape index (κ2) is 10.0. The zero-order chi connectivity index (χ0) is 20.6. The van der Waals surface area contributed by atoms with Crippen LogP contribution in [0, 0.1) is 18.7 Å². The van der Waals surface area contributed by atoms with Gasteiger partial charge in [-0.25, -0.2) is 9.18 Å². The lowest BCUT2D eigenvalue weighted by Crippen LogP contribution is -2.42. The van der Waals surface area contributed by atoms with Crippen molar-refractivity contribution in [1.29, 1.82) is 0 Å². The molecule has 1 saturated heterocycles. The van der Waals surface area contributed by atoms with Gasteiger partial charge in [-0.15, -0.1) is 0 Å². The number of piperidine rings is 1. The summed E-state index contributed by atoms with van der Waals surface area (Å²) in [5.74, 6) is -0.0446. The average Bonchev–Trinajstić information content (AvgIpc) is 2.72. The molecule has 154 valence electrons. The summed E-state index contributed by atoms with van der Waals surface area (Å²) in [5.41, 5.74) is 2.74. The maximum absolute atomic E-state index is 13.3. The molecule has 1 fully saturated rings. The van der Waals surface area contributed by atoms with Crippen LogP contribution >= 0.6 is 0 Å². The van der Waals surface area contributed by atoms with Crippen molar-refractivity contribution in [1.82, 2.24) is 10.2 Å². The van der Waals surface area contributed by atoms with E-state index in [9.17, 15) is 14.0 Å². The number of amides is 3. The number of benzene rings is 2. The van der Waals surface area contributed by atoms with E-state index in [-0.39, 0.29) is 17.8 Å². The van der Waals surface area contributed by atoms with Gasteiger partial charge in [-0.05, 0) is 61.4 Å². The van der Waals surface area contributed by atoms with Gasteiger partial charge in [-0.3, -0.25) is 4.79 Å². The van der Waals surface area contributed by atoms with E-state index in [1.165, 1.54) is 17.7 Å². The molecule has 2 N–H and O–H groups in total. The number of carbonyl (C=O) groups is 2. The highest BCUT2D eigenvalue weighted by atomic mass is 19.1. The summed E-state index contributed by atoms with van der Waals surface area (Å²) in [6.45, 7) is 3.87. The van der Waals surface area contributed by atoms with E-state index in [1.54, 1.807) is 17.0 Å². The van der Waals surface area contributed by atoms with Crippen LogP contribution in [0.4, 0.5) is 14.9 Å². The quantitative estimate of drug-likeness (QED) is 0.755. The van der Waals surface area contributed by atoms with Gasteiger partial charge in [-0.1, -0.05) is 30.3 Å². The predicted octanol–water partition coefficient (Wildman–Crippen LogP) is 4.47. The van der Waals surface area contributed by atoms with Crippen LogP contribution in [0.5, 0.6) is 0 Å². The molecule has 0 radical (unpaired) electrons. The zero-order valence-corrected chi connectivity index (χ0v) is 16.8. The average molecular weight is 397 g/mol. The SMILES string of the molecule is Cc1ccccc1CNC(=O)CC[C@H]1CCCN(C(=O)Nc2cccc(F)c2)C1. The van der Waals surface area contributed by atoms with Crippen molar-refractivity contribution < 1.29 is 14.0 Å². The fraction of sp³-hybridized carbons (Fsp3) is 0.391. The van der Waals surface area contributed by atoms with E-state index in [1.807, 2.05) is 31.2 Å². The van der Waals surface area contributed by atoms with Crippen LogP contribution in [0.25, 0.3) is 0 Å². The standard InChI is InChI=1S/C23H28FN3O2/c1-17-6-2-3-8-19(17)15-25-22(28)12-11-18-7-5-13-27(16-18)23(29)26-21-10-4-9-20(24)14-21/h2-4,6,8-10,14,18H,5,7,11-13,15-16H2,1H3,(H,25,28)(H,26,29)/t18-/m1/s1. The van der Waals surface area contributed by atoms with Crippen LogP contribution in [0.15, 0.2) is 48.5 Å². The number of rotatable bonds is 6. The molecule has 1 aliphatic rings. The summed E-state index contributed by atoms with van der Waals surface area (Å²) >= 11 is 0. The fourth-order valence-electron chi connectivity index (χ4n) is 3.68. The zero-order valence-electron chi connectivity index (χ0n) is 16.8. The molecule has 0 unspecified atom stereocenters. The number of halogens is 1. The lowest BCUT2D eigenvalue weighted by molar-refractivity contribution is -0.121. The van der Waals surface area contributed by atoms with Gasteiger partial charge >= 0.3 is 6.03 Å². The van der Waals surface area contributed by atoms with Crippen LogP contribution in [0.1, 0.15) is 36.8 Å². The van der Waals surface area contributed by atoms with Crippen molar-refractivity contribution >= 4 is 17.6 Å². The number of nitrogens with one attached hydrogen (secondary N) is 2. The number of hydrogen-bond donors (Lipinski definition) is 2. The van der Waals surface area contributed by atoms with E-state index in [0.717, 1.165) is 24.8 Å². The van der Waals surface area contributed by atoms with Gasteiger partial charge in [0, 0.05) is 31.7 Å². The molecule has 6 heteroatoms. The molecule has 3 rings (SSSR count). The minimum absolute atomic E-state index is 0.0367. The van der Waals surface area contributed by atoms with Gasteiger partial charge < -0.3 is 15.5 Å². The third-order valence-corrected chi connectivity index (χ3v) is 5.40.